The molecule has 9 nitrogen and oxygen atoms in total. The van der Waals surface area contributed by atoms with Crippen molar-refractivity contribution in [2.24, 2.45) is 23.7 Å². The molecule has 0 radical (unpaired) electrons. The fraction of sp³-hybridized carbons (Fsp3) is 0.667. The van der Waals surface area contributed by atoms with E-state index in [0.717, 1.165) is 0 Å². The van der Waals surface area contributed by atoms with Gasteiger partial charge in [-0.15, -0.1) is 0 Å². The number of ether oxygens (including phenoxy) is 2. The Labute approximate surface area is 210 Å². The topological polar surface area (TPSA) is 160 Å². The van der Waals surface area contributed by atoms with Crippen LogP contribution in [0.25, 0.3) is 0 Å². The summed E-state index contributed by atoms with van der Waals surface area (Å²) in [4.78, 5) is 13.2. The molecule has 0 amide bonds. The molecule has 1 aromatic rings. The lowest BCUT2D eigenvalue weighted by atomic mass is 9.54. The first-order chi connectivity index (χ1) is 16.8. The van der Waals surface area contributed by atoms with Crippen molar-refractivity contribution < 1.29 is 44.9 Å². The van der Waals surface area contributed by atoms with Gasteiger partial charge in [0, 0.05) is 5.92 Å². The number of carbonyl (C=O) groups is 1. The third-order valence-electron chi connectivity index (χ3n) is 9.70. The first kappa shape index (κ1) is 25.8. The minimum Gasteiger partial charge on any atom is -0.455 e. The van der Waals surface area contributed by atoms with E-state index in [1.165, 1.54) is 0 Å². The molecule has 6 N–H and O–H groups in total. The predicted octanol–water partition coefficient (Wildman–Crippen LogP) is 0.159. The smallest absolute Gasteiger partial charge is 0.338 e. The maximum Gasteiger partial charge on any atom is 0.338 e. The molecule has 1 aromatic carbocycles. The van der Waals surface area contributed by atoms with Crippen LogP contribution in [-0.2, 0) is 9.47 Å². The third-order valence-corrected chi connectivity index (χ3v) is 9.70. The Bertz CT molecular complexity index is 1060. The molecule has 9 heteroatoms. The monoisotopic (exact) mass is 504 g/mol. The lowest BCUT2D eigenvalue weighted by molar-refractivity contribution is -0.267. The van der Waals surface area contributed by atoms with E-state index in [1.807, 2.05) is 0 Å². The number of benzene rings is 1. The molecule has 0 aromatic heterocycles. The second kappa shape index (κ2) is 8.07. The van der Waals surface area contributed by atoms with Gasteiger partial charge in [0.1, 0.15) is 35.1 Å². The molecular formula is C27H36O9. The predicted molar refractivity (Wildman–Crippen MR) is 127 cm³/mol. The first-order valence-electron chi connectivity index (χ1n) is 12.5. The van der Waals surface area contributed by atoms with Crippen LogP contribution >= 0.6 is 0 Å². The van der Waals surface area contributed by atoms with Crippen molar-refractivity contribution in [2.75, 3.05) is 6.61 Å². The number of epoxide rings is 1. The van der Waals surface area contributed by atoms with Crippen molar-refractivity contribution in [2.45, 2.75) is 80.4 Å². The van der Waals surface area contributed by atoms with E-state index in [1.54, 1.807) is 51.1 Å². The van der Waals surface area contributed by atoms with Crippen molar-refractivity contribution in [1.82, 2.24) is 0 Å². The molecule has 1 heterocycles. The van der Waals surface area contributed by atoms with Gasteiger partial charge in [-0.1, -0.05) is 38.6 Å². The van der Waals surface area contributed by atoms with Crippen LogP contribution in [0.1, 0.15) is 44.0 Å². The molecule has 36 heavy (non-hydrogen) atoms. The molecule has 12 atom stereocenters. The quantitative estimate of drug-likeness (QED) is 0.191. The van der Waals surface area contributed by atoms with Crippen LogP contribution in [0.2, 0.25) is 0 Å². The lowest BCUT2D eigenvalue weighted by Gasteiger charge is -2.58. The van der Waals surface area contributed by atoms with Gasteiger partial charge in [-0.05, 0) is 49.3 Å². The SMILES string of the molecule is C=C(C)[C@]1(O)C[C@@H](C)[C@@]2(O)[C@H]([C@H]1OC(=O)c1ccccc1)[C@@H]1O[C@]1(CO)[C@@H](O)[C@@]1(O)[C@H]2C[C@H](C)[C@@H]1O. The van der Waals surface area contributed by atoms with Gasteiger partial charge < -0.3 is 40.1 Å². The van der Waals surface area contributed by atoms with Gasteiger partial charge in [0.25, 0.3) is 0 Å². The number of carbonyl (C=O) groups excluding carboxylic acids is 1. The Morgan fingerprint density at radius 1 is 1.14 bits per heavy atom. The van der Waals surface area contributed by atoms with E-state index >= 15 is 0 Å². The number of aliphatic hydroxyl groups excluding tert-OH is 3. The Hall–Kier alpha value is -1.85. The van der Waals surface area contributed by atoms with Crippen molar-refractivity contribution in [3.63, 3.8) is 0 Å². The van der Waals surface area contributed by atoms with E-state index in [9.17, 15) is 35.4 Å². The van der Waals surface area contributed by atoms with Crippen molar-refractivity contribution in [3.8, 4) is 0 Å². The second-order valence-electron chi connectivity index (χ2n) is 11.6. The van der Waals surface area contributed by atoms with Gasteiger partial charge in [-0.25, -0.2) is 4.79 Å². The Morgan fingerprint density at radius 3 is 2.36 bits per heavy atom. The molecule has 4 fully saturated rings. The van der Waals surface area contributed by atoms with Gasteiger partial charge in [-0.3, -0.25) is 0 Å². The van der Waals surface area contributed by atoms with Gasteiger partial charge in [0.05, 0.1) is 29.8 Å². The van der Waals surface area contributed by atoms with E-state index in [0.29, 0.717) is 5.57 Å². The number of hydrogen-bond acceptors (Lipinski definition) is 9. The van der Waals surface area contributed by atoms with Crippen LogP contribution in [-0.4, -0.2) is 90.0 Å². The van der Waals surface area contributed by atoms with Gasteiger partial charge in [-0.2, -0.15) is 0 Å². The molecule has 5 rings (SSSR count). The molecule has 1 aliphatic heterocycles. The number of esters is 1. The number of rotatable bonds is 4. The summed E-state index contributed by atoms with van der Waals surface area (Å²) in [5, 5.41) is 69.1. The summed E-state index contributed by atoms with van der Waals surface area (Å²) in [7, 11) is 0. The zero-order valence-electron chi connectivity index (χ0n) is 20.7. The average molecular weight is 505 g/mol. The van der Waals surface area contributed by atoms with Crippen LogP contribution in [0.5, 0.6) is 0 Å². The van der Waals surface area contributed by atoms with E-state index < -0.39 is 83.1 Å². The Kier molecular flexibility index (Phi) is 5.78. The maximum absolute atomic E-state index is 13.2. The van der Waals surface area contributed by atoms with E-state index in [-0.39, 0.29) is 18.4 Å². The summed E-state index contributed by atoms with van der Waals surface area (Å²) >= 11 is 0. The molecule has 0 bridgehead atoms. The molecule has 198 valence electrons. The van der Waals surface area contributed by atoms with Crippen LogP contribution in [0, 0.1) is 23.7 Å². The second-order valence-corrected chi connectivity index (χ2v) is 11.6. The van der Waals surface area contributed by atoms with Crippen LogP contribution < -0.4 is 0 Å². The van der Waals surface area contributed by atoms with Crippen LogP contribution in [0.15, 0.2) is 42.5 Å². The zero-order chi connectivity index (χ0) is 26.4. The minimum atomic E-state index is -2.19. The lowest BCUT2D eigenvalue weighted by Crippen LogP contribution is -2.71. The first-order valence-corrected chi connectivity index (χ1v) is 12.5. The van der Waals surface area contributed by atoms with Crippen LogP contribution in [0.4, 0.5) is 0 Å². The number of aliphatic hydroxyl groups is 6. The summed E-state index contributed by atoms with van der Waals surface area (Å²) in [5.74, 6) is -4.08. The largest absolute Gasteiger partial charge is 0.455 e. The summed E-state index contributed by atoms with van der Waals surface area (Å²) in [6.45, 7) is 8.27. The third kappa shape index (κ3) is 3.05. The van der Waals surface area contributed by atoms with Gasteiger partial charge >= 0.3 is 5.97 Å². The Morgan fingerprint density at radius 2 is 1.78 bits per heavy atom. The number of fused-ring (bicyclic) bond motifs is 5. The average Bonchev–Trinajstić information content (AvgIpc) is 3.54. The standard InChI is InChI=1S/C27H36O9/c1-13(2)24(32)11-15(4)26(33)17-10-14(3)19(29)27(17,34)23(31)25(12-28)21(36-25)18(26)20(24)35-22(30)16-8-6-5-7-9-16/h5-9,14-15,17-21,23,28-29,31-34H,1,10-12H2,2-4H3/t14-,15+,17-,18+,19-,20+,21-,23+,24+,25-,26-,27+/m0/s1. The number of hydrogen-bond donors (Lipinski definition) is 6. The molecule has 4 aliphatic rings. The highest BCUT2D eigenvalue weighted by molar-refractivity contribution is 5.89. The van der Waals surface area contributed by atoms with E-state index in [4.69, 9.17) is 9.47 Å². The van der Waals surface area contributed by atoms with E-state index in [2.05, 4.69) is 6.58 Å². The molecule has 3 aliphatic carbocycles. The highest BCUT2D eigenvalue weighted by Gasteiger charge is 2.83. The molecular weight excluding hydrogens is 468 g/mol. The van der Waals surface area contributed by atoms with Gasteiger partial charge in [0.15, 0.2) is 0 Å². The van der Waals surface area contributed by atoms with Gasteiger partial charge in [0.2, 0.25) is 0 Å². The highest BCUT2D eigenvalue weighted by atomic mass is 16.6. The summed E-state index contributed by atoms with van der Waals surface area (Å²) in [5.41, 5.74) is -6.94. The molecule has 0 unspecified atom stereocenters. The summed E-state index contributed by atoms with van der Waals surface area (Å²) in [6.07, 6.45) is -5.44. The highest BCUT2D eigenvalue weighted by Crippen LogP contribution is 2.67. The minimum absolute atomic E-state index is 0.0476. The van der Waals surface area contributed by atoms with Crippen molar-refractivity contribution >= 4 is 5.97 Å². The van der Waals surface area contributed by atoms with Crippen molar-refractivity contribution in [3.05, 3.63) is 48.0 Å². The normalized spacial score (nSPS) is 51.4. The molecule has 1 saturated heterocycles. The summed E-state index contributed by atoms with van der Waals surface area (Å²) < 4.78 is 11.8. The zero-order valence-corrected chi connectivity index (χ0v) is 20.7. The van der Waals surface area contributed by atoms with Crippen molar-refractivity contribution in [1.29, 1.82) is 0 Å². The maximum atomic E-state index is 13.2. The fourth-order valence-corrected chi connectivity index (χ4v) is 7.60. The fourth-order valence-electron chi connectivity index (χ4n) is 7.60. The molecule has 0 spiro atoms. The van der Waals surface area contributed by atoms with Crippen LogP contribution in [0.3, 0.4) is 0 Å². The Balaban J connectivity index is 1.69. The molecule has 3 saturated carbocycles. The summed E-state index contributed by atoms with van der Waals surface area (Å²) in [6, 6.07) is 8.22.